The van der Waals surface area contributed by atoms with Crippen molar-refractivity contribution in [3.63, 3.8) is 0 Å². The number of amides is 2. The summed E-state index contributed by atoms with van der Waals surface area (Å²) in [6.45, 7) is 16.7. The number of nitrogens with one attached hydrogen (secondary N) is 3. The molecule has 6 rings (SSSR count). The number of hydrogen-bond donors (Lipinski definition) is 4. The van der Waals surface area contributed by atoms with Gasteiger partial charge in [0.2, 0.25) is 0 Å². The van der Waals surface area contributed by atoms with E-state index in [2.05, 4.69) is 20.8 Å². The van der Waals surface area contributed by atoms with Crippen LogP contribution in [0.3, 0.4) is 0 Å². The third-order valence-corrected chi connectivity index (χ3v) is 10.3. The van der Waals surface area contributed by atoms with E-state index in [9.17, 15) is 20.1 Å². The van der Waals surface area contributed by atoms with Crippen molar-refractivity contribution in [1.29, 1.82) is 5.41 Å². The zero-order valence-corrected chi connectivity index (χ0v) is 33.8. The Morgan fingerprint density at radius 3 is 2.34 bits per heavy atom. The third kappa shape index (κ3) is 9.44. The SMILES string of the molecule is Cc1cc(C(=N)c2cc(-c3ccc(C4(O)CCN(C(=O)OC(C)(C)C)CC4)cc3)cnc2NC2CCCCO2)ccc1[C@@H](C)NC(=O)c1nc(C(C)(C)C)no1. The van der Waals surface area contributed by atoms with Gasteiger partial charge in [-0.2, -0.15) is 4.98 Å². The lowest BCUT2D eigenvalue weighted by atomic mass is 9.84. The summed E-state index contributed by atoms with van der Waals surface area (Å²) >= 11 is 0. The first-order valence-corrected chi connectivity index (χ1v) is 19.4. The van der Waals surface area contributed by atoms with Gasteiger partial charge in [0.25, 0.3) is 0 Å². The number of ether oxygens (including phenoxy) is 2. The van der Waals surface area contributed by atoms with Crippen molar-refractivity contribution < 1.29 is 28.7 Å². The summed E-state index contributed by atoms with van der Waals surface area (Å²) in [5, 5.41) is 31.4. The Kier molecular flexibility index (Phi) is 11.7. The number of aliphatic hydroxyl groups is 1. The summed E-state index contributed by atoms with van der Waals surface area (Å²) in [5.41, 5.74) is 3.88. The number of aromatic nitrogens is 3. The molecule has 1 unspecified atom stereocenters. The quantitative estimate of drug-likeness (QED) is 0.123. The Morgan fingerprint density at radius 1 is 1.02 bits per heavy atom. The van der Waals surface area contributed by atoms with Crippen LogP contribution >= 0.6 is 0 Å². The Balaban J connectivity index is 1.21. The molecule has 0 radical (unpaired) electrons. The van der Waals surface area contributed by atoms with Crippen LogP contribution in [-0.4, -0.2) is 74.4 Å². The van der Waals surface area contributed by atoms with Crippen molar-refractivity contribution >= 4 is 23.5 Å². The molecule has 13 nitrogen and oxygen atoms in total. The number of pyridine rings is 1. The number of piperidine rings is 1. The van der Waals surface area contributed by atoms with Gasteiger partial charge in [-0.05, 0) is 101 Å². The first-order valence-electron chi connectivity index (χ1n) is 19.4. The Morgan fingerprint density at radius 2 is 1.73 bits per heavy atom. The standard InChI is InChI=1S/C43H55N7O6/c1-26-23-29(14-17-32(26)27(2)46-37(51)38-48-39(49-56-38)41(3,4)5)35(44)33-24-30(25-45-36(33)47-34-11-9-10-22-54-34)28-12-15-31(16-13-28)43(53)18-20-50(21-19-43)40(52)55-42(6,7)8/h12-17,23-25,27,34,44,53H,9-11,18-22H2,1-8H3,(H,45,47)(H,46,51)/t27-,34?/m1/s1. The molecular formula is C43H55N7O6. The van der Waals surface area contributed by atoms with E-state index in [4.69, 9.17) is 19.0 Å². The predicted octanol–water partition coefficient (Wildman–Crippen LogP) is 7.80. The topological polar surface area (TPSA) is 176 Å². The van der Waals surface area contributed by atoms with Gasteiger partial charge < -0.3 is 34.6 Å². The molecule has 0 spiro atoms. The van der Waals surface area contributed by atoms with Gasteiger partial charge in [-0.25, -0.2) is 9.78 Å². The van der Waals surface area contributed by atoms with Crippen LogP contribution in [0.1, 0.15) is 131 Å². The summed E-state index contributed by atoms with van der Waals surface area (Å²) < 4.78 is 16.7. The van der Waals surface area contributed by atoms with Crippen LogP contribution in [0.5, 0.6) is 0 Å². The molecule has 2 fully saturated rings. The minimum Gasteiger partial charge on any atom is -0.444 e. The molecule has 0 aliphatic carbocycles. The normalized spacial score (nSPS) is 17.9. The van der Waals surface area contributed by atoms with Crippen LogP contribution < -0.4 is 10.6 Å². The van der Waals surface area contributed by atoms with E-state index < -0.39 is 17.1 Å². The van der Waals surface area contributed by atoms with Crippen LogP contribution in [-0.2, 0) is 20.5 Å². The molecule has 2 aromatic carbocycles. The van der Waals surface area contributed by atoms with E-state index in [0.717, 1.165) is 47.1 Å². The van der Waals surface area contributed by atoms with Gasteiger partial charge in [0.05, 0.1) is 17.4 Å². The zero-order chi connectivity index (χ0) is 40.4. The van der Waals surface area contributed by atoms with E-state index in [1.165, 1.54) is 0 Å². The lowest BCUT2D eigenvalue weighted by Crippen LogP contribution is -2.46. The second kappa shape index (κ2) is 16.1. The highest BCUT2D eigenvalue weighted by Gasteiger charge is 2.37. The second-order valence-corrected chi connectivity index (χ2v) is 17.0. The summed E-state index contributed by atoms with van der Waals surface area (Å²) in [6.07, 6.45) is 4.92. The molecule has 2 aromatic heterocycles. The highest BCUT2D eigenvalue weighted by molar-refractivity contribution is 6.14. The van der Waals surface area contributed by atoms with Crippen molar-refractivity contribution in [3.05, 3.63) is 94.3 Å². The molecule has 4 aromatic rings. The first-order chi connectivity index (χ1) is 26.4. The van der Waals surface area contributed by atoms with Crippen molar-refractivity contribution in [3.8, 4) is 11.1 Å². The van der Waals surface area contributed by atoms with Crippen LogP contribution in [0, 0.1) is 12.3 Å². The molecule has 2 amide bonds. The van der Waals surface area contributed by atoms with Gasteiger partial charge in [0, 0.05) is 48.0 Å². The monoisotopic (exact) mass is 765 g/mol. The summed E-state index contributed by atoms with van der Waals surface area (Å²) in [5.74, 6) is 0.482. The van der Waals surface area contributed by atoms with Gasteiger partial charge in [-0.15, -0.1) is 0 Å². The first kappa shape index (κ1) is 40.5. The average molecular weight is 766 g/mol. The van der Waals surface area contributed by atoms with Crippen LogP contribution in [0.25, 0.3) is 11.1 Å². The minimum atomic E-state index is -1.07. The van der Waals surface area contributed by atoms with E-state index in [1.807, 2.05) is 104 Å². The van der Waals surface area contributed by atoms with Crippen molar-refractivity contribution in [2.45, 2.75) is 116 Å². The molecular weight excluding hydrogens is 711 g/mol. The molecule has 56 heavy (non-hydrogen) atoms. The number of benzene rings is 2. The van der Waals surface area contributed by atoms with Crippen molar-refractivity contribution in [2.24, 2.45) is 0 Å². The maximum absolute atomic E-state index is 13.0. The van der Waals surface area contributed by atoms with Crippen molar-refractivity contribution in [2.75, 3.05) is 25.0 Å². The highest BCUT2D eigenvalue weighted by Crippen LogP contribution is 2.35. The number of likely N-dealkylation sites (tertiary alicyclic amines) is 1. The molecule has 2 saturated heterocycles. The number of rotatable bonds is 9. The minimum absolute atomic E-state index is 0.0849. The van der Waals surface area contributed by atoms with Crippen LogP contribution in [0.15, 0.2) is 59.3 Å². The summed E-state index contributed by atoms with van der Waals surface area (Å²) in [4.78, 5) is 36.3. The fourth-order valence-electron chi connectivity index (χ4n) is 7.01. The largest absolute Gasteiger partial charge is 0.444 e. The van der Waals surface area contributed by atoms with E-state index >= 15 is 0 Å². The molecule has 2 aliphatic heterocycles. The molecule has 298 valence electrons. The molecule has 2 aliphatic rings. The third-order valence-electron chi connectivity index (χ3n) is 10.3. The number of carbonyl (C=O) groups excluding carboxylic acids is 2. The van der Waals surface area contributed by atoms with Crippen LogP contribution in [0.2, 0.25) is 0 Å². The van der Waals surface area contributed by atoms with E-state index in [0.29, 0.717) is 55.3 Å². The Bertz CT molecular complexity index is 2050. The van der Waals surface area contributed by atoms with Gasteiger partial charge >= 0.3 is 17.9 Å². The van der Waals surface area contributed by atoms with E-state index in [-0.39, 0.29) is 35.4 Å². The molecule has 0 saturated carbocycles. The Hall–Kier alpha value is -5.14. The number of carbonyl (C=O) groups is 2. The number of hydrogen-bond acceptors (Lipinski definition) is 11. The fourth-order valence-corrected chi connectivity index (χ4v) is 7.01. The molecule has 0 bridgehead atoms. The maximum Gasteiger partial charge on any atom is 0.410 e. The summed E-state index contributed by atoms with van der Waals surface area (Å²) in [6, 6.07) is 15.1. The lowest BCUT2D eigenvalue weighted by molar-refractivity contribution is -0.0356. The number of aryl methyl sites for hydroxylation is 1. The molecule has 2 atom stereocenters. The lowest BCUT2D eigenvalue weighted by Gasteiger charge is -2.39. The second-order valence-electron chi connectivity index (χ2n) is 17.0. The Labute approximate surface area is 329 Å². The van der Waals surface area contributed by atoms with Gasteiger partial charge in [-0.1, -0.05) is 62.3 Å². The van der Waals surface area contributed by atoms with E-state index in [1.54, 1.807) is 11.1 Å². The maximum atomic E-state index is 13.0. The fraction of sp³-hybridized carbons (Fsp3) is 0.488. The zero-order valence-electron chi connectivity index (χ0n) is 33.8. The molecule has 4 heterocycles. The highest BCUT2D eigenvalue weighted by atomic mass is 16.6. The van der Waals surface area contributed by atoms with Gasteiger partial charge in [0.1, 0.15) is 17.6 Å². The van der Waals surface area contributed by atoms with Gasteiger partial charge in [0.15, 0.2) is 5.82 Å². The van der Waals surface area contributed by atoms with Crippen LogP contribution in [0.4, 0.5) is 10.6 Å². The average Bonchev–Trinajstić information content (AvgIpc) is 3.67. The summed E-state index contributed by atoms with van der Waals surface area (Å²) in [7, 11) is 0. The number of nitrogens with zero attached hydrogens (tertiary/aromatic N) is 4. The predicted molar refractivity (Wildman–Crippen MR) is 214 cm³/mol. The molecule has 13 heteroatoms. The van der Waals surface area contributed by atoms with Gasteiger partial charge in [-0.3, -0.25) is 10.2 Å². The smallest absolute Gasteiger partial charge is 0.410 e. The molecule has 4 N–H and O–H groups in total. The van der Waals surface area contributed by atoms with Crippen molar-refractivity contribution in [1.82, 2.24) is 25.3 Å². The number of anilines is 1.